The fourth-order valence-electron chi connectivity index (χ4n) is 2.55. The number of hydrogen-bond acceptors (Lipinski definition) is 10. The van der Waals surface area contributed by atoms with E-state index in [4.69, 9.17) is 18.9 Å². The molecule has 0 aromatic heterocycles. The molecule has 0 radical (unpaired) electrons. The molecule has 1 aliphatic rings. The molecule has 0 aromatic rings. The number of esters is 3. The van der Waals surface area contributed by atoms with Gasteiger partial charge in [0.05, 0.1) is 0 Å². The minimum atomic E-state index is -1.16. The Morgan fingerprint density at radius 1 is 0.889 bits per heavy atom. The van der Waals surface area contributed by atoms with E-state index in [0.717, 1.165) is 25.6 Å². The van der Waals surface area contributed by atoms with Crippen molar-refractivity contribution in [3.8, 4) is 0 Å². The van der Waals surface area contributed by atoms with Crippen LogP contribution in [0.15, 0.2) is 0 Å². The quantitative estimate of drug-likeness (QED) is 0.472. The van der Waals surface area contributed by atoms with E-state index in [9.17, 15) is 24.0 Å². The molecule has 11 heteroatoms. The maximum Gasteiger partial charge on any atom is 0.303 e. The highest BCUT2D eigenvalue weighted by molar-refractivity contribution is 8.14. The third kappa shape index (κ3) is 7.55. The number of carbonyl (C=O) groups is 5. The van der Waals surface area contributed by atoms with Gasteiger partial charge in [0, 0.05) is 34.6 Å². The van der Waals surface area contributed by atoms with Gasteiger partial charge in [-0.1, -0.05) is 11.8 Å². The largest absolute Gasteiger partial charge is 0.463 e. The molecule has 1 saturated heterocycles. The summed E-state index contributed by atoms with van der Waals surface area (Å²) in [5, 5.41) is 2.26. The Bertz CT molecular complexity index is 609. The molecule has 1 rings (SSSR count). The number of amides is 1. The number of hydrogen-bond donors (Lipinski definition) is 1. The van der Waals surface area contributed by atoms with E-state index in [1.165, 1.54) is 20.8 Å². The average molecular weight is 405 g/mol. The fraction of sp³-hybridized carbons (Fsp3) is 0.688. The van der Waals surface area contributed by atoms with Crippen molar-refractivity contribution in [3.63, 3.8) is 0 Å². The van der Waals surface area contributed by atoms with Crippen LogP contribution in [0.3, 0.4) is 0 Å². The predicted octanol–water partition coefficient (Wildman–Crippen LogP) is -0.0778. The first-order valence-corrected chi connectivity index (χ1v) is 8.96. The SMILES string of the molecule is CC(=O)N[C@@H]1[C@@H](OC(C)=O)[C@@H](OC(C)=O)[C@@H](COC(C)=O)O[C@@H]1SC(C)=O. The number of thioether (sulfide) groups is 1. The van der Waals surface area contributed by atoms with E-state index in [1.54, 1.807) is 0 Å². The smallest absolute Gasteiger partial charge is 0.303 e. The number of nitrogens with one attached hydrogen (secondary N) is 1. The fourth-order valence-corrected chi connectivity index (χ4v) is 3.45. The Hall–Kier alpha value is -2.14. The van der Waals surface area contributed by atoms with Crippen LogP contribution in [0.25, 0.3) is 0 Å². The second kappa shape index (κ2) is 10.3. The highest BCUT2D eigenvalue weighted by Gasteiger charge is 2.51. The topological polar surface area (TPSA) is 134 Å². The summed E-state index contributed by atoms with van der Waals surface area (Å²) in [6, 6.07) is -0.974. The normalized spacial score (nSPS) is 27.2. The zero-order valence-electron chi connectivity index (χ0n) is 15.7. The van der Waals surface area contributed by atoms with Crippen LogP contribution in [-0.2, 0) is 42.9 Å². The number of carbonyl (C=O) groups excluding carboxylic acids is 5. The Morgan fingerprint density at radius 3 is 1.89 bits per heavy atom. The highest BCUT2D eigenvalue weighted by atomic mass is 32.2. The molecule has 27 heavy (non-hydrogen) atoms. The summed E-state index contributed by atoms with van der Waals surface area (Å²) in [4.78, 5) is 57.5. The van der Waals surface area contributed by atoms with Crippen LogP contribution in [0.5, 0.6) is 0 Å². The van der Waals surface area contributed by atoms with Crippen molar-refractivity contribution in [2.24, 2.45) is 0 Å². The van der Waals surface area contributed by atoms with E-state index in [2.05, 4.69) is 5.32 Å². The lowest BCUT2D eigenvalue weighted by molar-refractivity contribution is -0.211. The van der Waals surface area contributed by atoms with E-state index in [0.29, 0.717) is 0 Å². The lowest BCUT2D eigenvalue weighted by Crippen LogP contribution is -2.65. The molecule has 0 unspecified atom stereocenters. The first-order chi connectivity index (χ1) is 12.5. The van der Waals surface area contributed by atoms with Gasteiger partial charge in [0.15, 0.2) is 17.3 Å². The van der Waals surface area contributed by atoms with Crippen molar-refractivity contribution in [1.29, 1.82) is 0 Å². The Labute approximate surface area is 160 Å². The third-order valence-electron chi connectivity index (χ3n) is 3.35. The van der Waals surface area contributed by atoms with Crippen LogP contribution in [0.4, 0.5) is 0 Å². The van der Waals surface area contributed by atoms with Crippen LogP contribution in [0.1, 0.15) is 34.6 Å². The standard InChI is InChI=1S/C16H23NO9S/c1-7(18)17-13-15(25-10(4)21)14(24-9(3)20)12(6-23-8(2)19)26-16(13)27-11(5)22/h12-16H,6H2,1-5H3,(H,17,18)/t12-,13-,14+,15-,16-/m1/s1. The summed E-state index contributed by atoms with van der Waals surface area (Å²) in [7, 11) is 0. The van der Waals surface area contributed by atoms with Crippen LogP contribution in [-0.4, -0.2) is 65.3 Å². The Kier molecular flexibility index (Phi) is 8.70. The summed E-state index contributed by atoms with van der Waals surface area (Å²) in [6.45, 7) is 5.74. The van der Waals surface area contributed by atoms with Crippen LogP contribution in [0, 0.1) is 0 Å². The van der Waals surface area contributed by atoms with Gasteiger partial charge in [-0.15, -0.1) is 0 Å². The van der Waals surface area contributed by atoms with E-state index >= 15 is 0 Å². The van der Waals surface area contributed by atoms with E-state index < -0.39 is 53.6 Å². The molecule has 152 valence electrons. The molecule has 0 aromatic carbocycles. The van der Waals surface area contributed by atoms with Gasteiger partial charge in [-0.05, 0) is 0 Å². The van der Waals surface area contributed by atoms with Gasteiger partial charge < -0.3 is 24.3 Å². The maximum atomic E-state index is 11.6. The van der Waals surface area contributed by atoms with Gasteiger partial charge in [0.2, 0.25) is 5.91 Å². The zero-order chi connectivity index (χ0) is 20.7. The average Bonchev–Trinajstić information content (AvgIpc) is 2.49. The van der Waals surface area contributed by atoms with Crippen molar-refractivity contribution in [1.82, 2.24) is 5.32 Å². The summed E-state index contributed by atoms with van der Waals surface area (Å²) >= 11 is 0.767. The summed E-state index contributed by atoms with van der Waals surface area (Å²) in [5.74, 6) is -2.43. The molecule has 0 spiro atoms. The minimum Gasteiger partial charge on any atom is -0.463 e. The van der Waals surface area contributed by atoms with Crippen molar-refractivity contribution in [2.75, 3.05) is 6.61 Å². The van der Waals surface area contributed by atoms with Gasteiger partial charge in [-0.3, -0.25) is 24.0 Å². The Morgan fingerprint density at radius 2 is 1.44 bits per heavy atom. The van der Waals surface area contributed by atoms with Crippen LogP contribution >= 0.6 is 11.8 Å². The van der Waals surface area contributed by atoms with Gasteiger partial charge in [0.1, 0.15) is 24.2 Å². The van der Waals surface area contributed by atoms with Crippen molar-refractivity contribution in [3.05, 3.63) is 0 Å². The summed E-state index contributed by atoms with van der Waals surface area (Å²) in [5.41, 5.74) is -0.955. The first-order valence-electron chi connectivity index (χ1n) is 8.08. The molecular formula is C16H23NO9S. The second-order valence-corrected chi connectivity index (χ2v) is 7.10. The van der Waals surface area contributed by atoms with E-state index in [-0.39, 0.29) is 11.7 Å². The lowest BCUT2D eigenvalue weighted by atomic mass is 9.97. The van der Waals surface area contributed by atoms with Crippen molar-refractivity contribution in [2.45, 2.75) is 64.4 Å². The molecule has 0 saturated carbocycles. The third-order valence-corrected chi connectivity index (χ3v) is 4.32. The predicted molar refractivity (Wildman–Crippen MR) is 92.3 cm³/mol. The molecule has 1 aliphatic heterocycles. The Balaban J connectivity index is 3.29. The number of ether oxygens (including phenoxy) is 4. The lowest BCUT2D eigenvalue weighted by Gasteiger charge is -2.44. The zero-order valence-corrected chi connectivity index (χ0v) is 16.5. The van der Waals surface area contributed by atoms with Gasteiger partial charge >= 0.3 is 17.9 Å². The monoisotopic (exact) mass is 405 g/mol. The summed E-state index contributed by atoms with van der Waals surface area (Å²) in [6.07, 6.45) is -3.32. The van der Waals surface area contributed by atoms with E-state index in [1.807, 2.05) is 0 Å². The van der Waals surface area contributed by atoms with Gasteiger partial charge in [0.25, 0.3) is 0 Å². The molecule has 0 aliphatic carbocycles. The van der Waals surface area contributed by atoms with Crippen molar-refractivity contribution >= 4 is 40.7 Å². The molecule has 10 nitrogen and oxygen atoms in total. The van der Waals surface area contributed by atoms with Crippen molar-refractivity contribution < 1.29 is 42.9 Å². The van der Waals surface area contributed by atoms with Gasteiger partial charge in [-0.25, -0.2) is 0 Å². The van der Waals surface area contributed by atoms with Crippen LogP contribution < -0.4 is 5.32 Å². The van der Waals surface area contributed by atoms with Crippen LogP contribution in [0.2, 0.25) is 0 Å². The molecule has 1 N–H and O–H groups in total. The number of rotatable bonds is 6. The molecule has 1 fully saturated rings. The maximum absolute atomic E-state index is 11.6. The minimum absolute atomic E-state index is 0.299. The molecular weight excluding hydrogens is 382 g/mol. The molecule has 5 atom stereocenters. The summed E-state index contributed by atoms with van der Waals surface area (Å²) < 4.78 is 21.2. The first kappa shape index (κ1) is 22.9. The molecule has 1 amide bonds. The molecule has 1 heterocycles. The second-order valence-electron chi connectivity index (χ2n) is 5.83. The van der Waals surface area contributed by atoms with Gasteiger partial charge in [-0.2, -0.15) is 0 Å². The highest BCUT2D eigenvalue weighted by Crippen LogP contribution is 2.32. The molecule has 0 bridgehead atoms.